The molecule has 1 aromatic heterocycles. The molecular weight excluding hydrogens is 338 g/mol. The molecule has 0 radical (unpaired) electrons. The molecule has 0 unspecified atom stereocenters. The lowest BCUT2D eigenvalue weighted by molar-refractivity contribution is -0.107. The Hall–Kier alpha value is -2.96. The van der Waals surface area contributed by atoms with Gasteiger partial charge in [0.15, 0.2) is 0 Å². The number of nitrogens with two attached hydrogens (primary N) is 1. The van der Waals surface area contributed by atoms with Gasteiger partial charge in [-0.1, -0.05) is 0 Å². The third-order valence-electron chi connectivity index (χ3n) is 4.00. The van der Waals surface area contributed by atoms with Gasteiger partial charge in [-0.2, -0.15) is 0 Å². The molecule has 3 N–H and O–H groups in total. The number of rotatable bonds is 6. The molecule has 0 aliphatic rings. The van der Waals surface area contributed by atoms with Crippen LogP contribution >= 0.6 is 0 Å². The summed E-state index contributed by atoms with van der Waals surface area (Å²) in [6, 6.07) is 3.68. The number of nitrogens with zero attached hydrogens (tertiary/aromatic N) is 2. The van der Waals surface area contributed by atoms with Gasteiger partial charge in [-0.05, 0) is 38.5 Å². The highest BCUT2D eigenvalue weighted by Crippen LogP contribution is 2.30. The van der Waals surface area contributed by atoms with E-state index in [0.717, 1.165) is 12.5 Å². The average molecular weight is 360 g/mol. The van der Waals surface area contributed by atoms with Crippen LogP contribution in [0.15, 0.2) is 24.4 Å². The van der Waals surface area contributed by atoms with Gasteiger partial charge in [0.25, 0.3) is 0 Å². The van der Waals surface area contributed by atoms with E-state index < -0.39 is 11.6 Å². The van der Waals surface area contributed by atoms with Crippen molar-refractivity contribution in [3.05, 3.63) is 47.2 Å². The van der Waals surface area contributed by atoms with Gasteiger partial charge in [0.2, 0.25) is 6.41 Å². The second-order valence-corrected chi connectivity index (χ2v) is 6.17. The molecule has 5 nitrogen and oxygen atoms in total. The Balaban J connectivity index is 2.59. The number of benzene rings is 1. The monoisotopic (exact) mass is 360 g/mol. The van der Waals surface area contributed by atoms with Crippen molar-refractivity contribution in [3.63, 3.8) is 0 Å². The Morgan fingerprint density at radius 1 is 1.27 bits per heavy atom. The second-order valence-electron chi connectivity index (χ2n) is 6.17. The molecule has 0 aliphatic heterocycles. The molecule has 2 rings (SSSR count). The number of nitrogen functional groups attached to an aromatic ring is 1. The zero-order chi connectivity index (χ0) is 19.4. The highest BCUT2D eigenvalue weighted by Gasteiger charge is 2.16. The van der Waals surface area contributed by atoms with Crippen molar-refractivity contribution in [2.24, 2.45) is 0 Å². The summed E-state index contributed by atoms with van der Waals surface area (Å²) >= 11 is 0. The fourth-order valence-electron chi connectivity index (χ4n) is 2.56. The number of allylic oxidation sites excluding steroid dienone is 1. The van der Waals surface area contributed by atoms with Crippen LogP contribution in [0.1, 0.15) is 31.9 Å². The molecule has 0 fully saturated rings. The lowest BCUT2D eigenvalue weighted by Crippen LogP contribution is -2.29. The van der Waals surface area contributed by atoms with Crippen LogP contribution in [0, 0.1) is 11.6 Å². The maximum Gasteiger partial charge on any atom is 0.214 e. The molecule has 1 amide bonds. The number of aromatic nitrogens is 1. The Kier molecular flexibility index (Phi) is 5.92. The van der Waals surface area contributed by atoms with Gasteiger partial charge < -0.3 is 16.0 Å². The summed E-state index contributed by atoms with van der Waals surface area (Å²) < 4.78 is 27.5. The number of pyridine rings is 1. The van der Waals surface area contributed by atoms with Gasteiger partial charge in [0, 0.05) is 42.5 Å². The van der Waals surface area contributed by atoms with Crippen molar-refractivity contribution in [2.45, 2.75) is 26.8 Å². The number of hydrogen-bond acceptors (Lipinski definition) is 4. The highest BCUT2D eigenvalue weighted by atomic mass is 19.1. The summed E-state index contributed by atoms with van der Waals surface area (Å²) in [6.07, 6.45) is 4.02. The van der Waals surface area contributed by atoms with E-state index in [0.29, 0.717) is 22.6 Å². The van der Waals surface area contributed by atoms with Crippen molar-refractivity contribution in [2.75, 3.05) is 23.0 Å². The molecule has 0 bridgehead atoms. The summed E-state index contributed by atoms with van der Waals surface area (Å²) in [7, 11) is 1.73. The van der Waals surface area contributed by atoms with E-state index in [-0.39, 0.29) is 17.3 Å². The lowest BCUT2D eigenvalue weighted by Gasteiger charge is -2.24. The predicted molar refractivity (Wildman–Crippen MR) is 102 cm³/mol. The van der Waals surface area contributed by atoms with Crippen molar-refractivity contribution in [1.82, 2.24) is 4.98 Å². The topological polar surface area (TPSA) is 71.2 Å². The summed E-state index contributed by atoms with van der Waals surface area (Å²) in [5, 5.41) is 2.93. The molecule has 138 valence electrons. The van der Waals surface area contributed by atoms with Crippen molar-refractivity contribution in [1.29, 1.82) is 0 Å². The molecule has 7 heteroatoms. The van der Waals surface area contributed by atoms with Gasteiger partial charge in [0.05, 0.1) is 11.4 Å². The summed E-state index contributed by atoms with van der Waals surface area (Å²) in [5.41, 5.74) is 7.40. The highest BCUT2D eigenvalue weighted by molar-refractivity contribution is 5.89. The van der Waals surface area contributed by atoms with E-state index in [4.69, 9.17) is 5.73 Å². The quantitative estimate of drug-likeness (QED) is 0.605. The van der Waals surface area contributed by atoms with Crippen LogP contribution in [0.4, 0.5) is 26.0 Å². The number of carbonyl (C=O) groups is 1. The smallest absolute Gasteiger partial charge is 0.214 e. The van der Waals surface area contributed by atoms with Gasteiger partial charge in [-0.3, -0.25) is 4.79 Å². The number of anilines is 3. The first-order valence-corrected chi connectivity index (χ1v) is 8.13. The molecule has 0 saturated heterocycles. The fourth-order valence-corrected chi connectivity index (χ4v) is 2.56. The van der Waals surface area contributed by atoms with Crippen molar-refractivity contribution < 1.29 is 13.6 Å². The van der Waals surface area contributed by atoms with E-state index in [1.54, 1.807) is 37.2 Å². The average Bonchev–Trinajstić information content (AvgIpc) is 2.59. The third kappa shape index (κ3) is 3.99. The first-order valence-electron chi connectivity index (χ1n) is 8.13. The lowest BCUT2D eigenvalue weighted by atomic mass is 10.0. The van der Waals surface area contributed by atoms with Crippen LogP contribution in [0.5, 0.6) is 0 Å². The molecule has 1 heterocycles. The van der Waals surface area contributed by atoms with E-state index >= 15 is 0 Å². The minimum Gasteiger partial charge on any atom is -0.396 e. The predicted octanol–water partition coefficient (Wildman–Crippen LogP) is 3.92. The van der Waals surface area contributed by atoms with E-state index in [1.165, 1.54) is 6.07 Å². The maximum absolute atomic E-state index is 14.1. The van der Waals surface area contributed by atoms with Crippen LogP contribution in [-0.4, -0.2) is 24.5 Å². The van der Waals surface area contributed by atoms with Gasteiger partial charge in [-0.25, -0.2) is 13.8 Å². The van der Waals surface area contributed by atoms with Gasteiger partial charge in [-0.15, -0.1) is 0 Å². The summed E-state index contributed by atoms with van der Waals surface area (Å²) in [5.74, 6) is -0.908. The molecule has 26 heavy (non-hydrogen) atoms. The first kappa shape index (κ1) is 19.4. The number of nitrogens with one attached hydrogen (secondary N) is 1. The molecule has 0 atom stereocenters. The van der Waals surface area contributed by atoms with Crippen LogP contribution in [0.25, 0.3) is 11.6 Å². The number of halogens is 2. The van der Waals surface area contributed by atoms with Gasteiger partial charge in [0.1, 0.15) is 17.5 Å². The van der Waals surface area contributed by atoms with Crippen LogP contribution in [0.3, 0.4) is 0 Å². The molecule has 1 aromatic carbocycles. The zero-order valence-corrected chi connectivity index (χ0v) is 15.2. The summed E-state index contributed by atoms with van der Waals surface area (Å²) in [6.45, 7) is 5.45. The Bertz CT molecular complexity index is 850. The van der Waals surface area contributed by atoms with E-state index in [2.05, 4.69) is 10.3 Å². The number of amides is 1. The summed E-state index contributed by atoms with van der Waals surface area (Å²) in [4.78, 5) is 17.3. The van der Waals surface area contributed by atoms with E-state index in [9.17, 15) is 13.6 Å². The Labute approximate surface area is 151 Å². The minimum absolute atomic E-state index is 0.0785. The molecule has 0 spiro atoms. The van der Waals surface area contributed by atoms with Crippen LogP contribution in [0.2, 0.25) is 0 Å². The molecular formula is C19H22F2N4O. The van der Waals surface area contributed by atoms with Crippen molar-refractivity contribution in [3.8, 4) is 0 Å². The first-order chi connectivity index (χ1) is 12.3. The normalized spacial score (nSPS) is 11.6. The third-order valence-corrected chi connectivity index (χ3v) is 4.00. The second kappa shape index (κ2) is 7.95. The van der Waals surface area contributed by atoms with Gasteiger partial charge >= 0.3 is 0 Å². The molecule has 0 saturated carbocycles. The molecule has 0 aliphatic carbocycles. The Morgan fingerprint density at radius 2 is 1.96 bits per heavy atom. The fraction of sp³-hybridized carbons (Fsp3) is 0.263. The van der Waals surface area contributed by atoms with E-state index in [1.807, 2.05) is 13.8 Å². The van der Waals surface area contributed by atoms with Crippen LogP contribution in [-0.2, 0) is 4.79 Å². The van der Waals surface area contributed by atoms with Crippen LogP contribution < -0.4 is 16.0 Å². The maximum atomic E-state index is 14.1. The number of carbonyl (C=O) groups excluding carboxylic acids is 1. The standard InChI is InChI=1S/C19H22F2N4O/c1-11(2)25(10-26)18-8-19(23-4)24-9-13(18)5-12(3)14-6-17(22)16(21)7-15(14)20/h5-11H,22H2,1-4H3,(H,23,24)/b12-5+. The zero-order valence-electron chi connectivity index (χ0n) is 15.2. The Morgan fingerprint density at radius 3 is 2.54 bits per heavy atom. The SMILES string of the molecule is CNc1cc(N(C=O)C(C)C)c(/C=C(\C)c2cc(N)c(F)cc2F)cn1. The number of hydrogen-bond donors (Lipinski definition) is 2. The van der Waals surface area contributed by atoms with Crippen molar-refractivity contribution >= 4 is 35.3 Å². The molecule has 2 aromatic rings. The largest absolute Gasteiger partial charge is 0.396 e. The minimum atomic E-state index is -0.799.